The fourth-order valence-corrected chi connectivity index (χ4v) is 3.71. The molecule has 2 N–H and O–H groups in total. The molecule has 1 aliphatic heterocycles. The molecule has 3 rings (SSSR count). The van der Waals surface area contributed by atoms with E-state index in [4.69, 9.17) is 21.1 Å². The number of benzene rings is 2. The van der Waals surface area contributed by atoms with Crippen LogP contribution in [0.2, 0.25) is 5.02 Å². The number of carboxylic acids is 1. The van der Waals surface area contributed by atoms with Gasteiger partial charge in [-0.2, -0.15) is 0 Å². The van der Waals surface area contributed by atoms with Gasteiger partial charge in [0.25, 0.3) is 0 Å². The van der Waals surface area contributed by atoms with E-state index in [0.717, 1.165) is 0 Å². The van der Waals surface area contributed by atoms with Crippen molar-refractivity contribution in [3.63, 3.8) is 0 Å². The minimum atomic E-state index is -0.924. The maximum absolute atomic E-state index is 11.9. The van der Waals surface area contributed by atoms with Crippen LogP contribution in [0.1, 0.15) is 36.9 Å². The minimum Gasteiger partial charge on any atom is -0.508 e. The average Bonchev–Trinajstić information content (AvgIpc) is 2.69. The molecule has 4 atom stereocenters. The maximum atomic E-state index is 11.9. The van der Waals surface area contributed by atoms with Crippen LogP contribution in [0.3, 0.4) is 0 Å². The normalized spacial score (nSPS) is 23.6. The van der Waals surface area contributed by atoms with E-state index < -0.39 is 30.2 Å². The summed E-state index contributed by atoms with van der Waals surface area (Å²) in [5.74, 6) is -2.05. The van der Waals surface area contributed by atoms with Gasteiger partial charge in [-0.15, -0.1) is 0 Å². The van der Waals surface area contributed by atoms with Gasteiger partial charge in [-0.1, -0.05) is 60.2 Å². The summed E-state index contributed by atoms with van der Waals surface area (Å²) in [5.41, 5.74) is 1.21. The molecule has 0 aliphatic carbocycles. The SMILES string of the molecule is CC=CCC(C(=O)O)[C@@H]1CO[C@H](c2ccccc2Cl)O[C@@H]1c1ccccc1O. The first-order chi connectivity index (χ1) is 13.5. The molecular weight excluding hydrogens is 380 g/mol. The summed E-state index contributed by atoms with van der Waals surface area (Å²) < 4.78 is 12.1. The number of hydrogen-bond acceptors (Lipinski definition) is 4. The van der Waals surface area contributed by atoms with E-state index in [1.165, 1.54) is 0 Å². The van der Waals surface area contributed by atoms with Crippen molar-refractivity contribution < 1.29 is 24.5 Å². The van der Waals surface area contributed by atoms with Crippen molar-refractivity contribution in [2.24, 2.45) is 11.8 Å². The minimum absolute atomic E-state index is 0.0625. The molecule has 6 heteroatoms. The number of phenolic OH excluding ortho intramolecular Hbond substituents is 1. The molecule has 0 radical (unpaired) electrons. The predicted octanol–water partition coefficient (Wildman–Crippen LogP) is 5.12. The molecule has 1 aliphatic rings. The number of allylic oxidation sites excluding steroid dienone is 2. The van der Waals surface area contributed by atoms with E-state index >= 15 is 0 Å². The molecule has 1 unspecified atom stereocenters. The van der Waals surface area contributed by atoms with Gasteiger partial charge in [0.2, 0.25) is 0 Å². The highest BCUT2D eigenvalue weighted by Gasteiger charge is 2.42. The predicted molar refractivity (Wildman–Crippen MR) is 106 cm³/mol. The molecule has 0 aromatic heterocycles. The highest BCUT2D eigenvalue weighted by atomic mass is 35.5. The van der Waals surface area contributed by atoms with Crippen molar-refractivity contribution in [1.82, 2.24) is 0 Å². The van der Waals surface area contributed by atoms with Crippen LogP contribution in [0, 0.1) is 11.8 Å². The molecule has 148 valence electrons. The summed E-state index contributed by atoms with van der Waals surface area (Å²) >= 11 is 6.29. The number of aliphatic carboxylic acids is 1. The van der Waals surface area contributed by atoms with Crippen LogP contribution in [0.15, 0.2) is 60.7 Å². The second kappa shape index (κ2) is 9.24. The number of para-hydroxylation sites is 1. The molecule has 0 saturated carbocycles. The highest BCUT2D eigenvalue weighted by molar-refractivity contribution is 6.31. The number of hydrogen-bond donors (Lipinski definition) is 2. The number of carboxylic acid groups (broad SMARTS) is 1. The lowest BCUT2D eigenvalue weighted by molar-refractivity contribution is -0.253. The fourth-order valence-electron chi connectivity index (χ4n) is 3.49. The van der Waals surface area contributed by atoms with Gasteiger partial charge in [0.05, 0.1) is 18.6 Å². The lowest BCUT2D eigenvalue weighted by Crippen LogP contribution is -2.38. The second-order valence-corrected chi connectivity index (χ2v) is 7.12. The highest BCUT2D eigenvalue weighted by Crippen LogP contribution is 2.45. The van der Waals surface area contributed by atoms with Crippen LogP contribution >= 0.6 is 11.6 Å². The van der Waals surface area contributed by atoms with Crippen molar-refractivity contribution in [3.05, 3.63) is 76.8 Å². The third-order valence-corrected chi connectivity index (χ3v) is 5.31. The Labute approximate surface area is 169 Å². The zero-order valence-electron chi connectivity index (χ0n) is 15.5. The first-order valence-corrected chi connectivity index (χ1v) is 9.54. The van der Waals surface area contributed by atoms with Crippen molar-refractivity contribution in [3.8, 4) is 5.75 Å². The number of rotatable bonds is 6. The molecule has 0 amide bonds. The Kier molecular flexibility index (Phi) is 6.73. The Balaban J connectivity index is 1.97. The zero-order chi connectivity index (χ0) is 20.1. The first-order valence-electron chi connectivity index (χ1n) is 9.16. The number of ether oxygens (including phenoxy) is 2. The lowest BCUT2D eigenvalue weighted by Gasteiger charge is -2.39. The standard InChI is InChI=1S/C22H23ClO5/c1-2-3-8-14(21(25)26)17-13-27-22(15-9-4-6-11-18(15)23)28-20(17)16-10-5-7-12-19(16)24/h2-7,9-12,14,17,20,22,24H,8,13H2,1H3,(H,25,26)/t14?,17-,20+,22-/m0/s1. The maximum Gasteiger partial charge on any atom is 0.307 e. The molecule has 0 bridgehead atoms. The molecule has 0 spiro atoms. The zero-order valence-corrected chi connectivity index (χ0v) is 16.3. The van der Waals surface area contributed by atoms with Crippen LogP contribution in [0.5, 0.6) is 5.75 Å². The molecule has 28 heavy (non-hydrogen) atoms. The third kappa shape index (κ3) is 4.38. The van der Waals surface area contributed by atoms with Crippen molar-refractivity contribution >= 4 is 17.6 Å². The van der Waals surface area contributed by atoms with E-state index in [1.807, 2.05) is 37.3 Å². The molecule has 1 saturated heterocycles. The Bertz CT molecular complexity index is 850. The molecule has 2 aromatic rings. The van der Waals surface area contributed by atoms with Crippen molar-refractivity contribution in [1.29, 1.82) is 0 Å². The van der Waals surface area contributed by atoms with E-state index in [0.29, 0.717) is 22.6 Å². The van der Waals surface area contributed by atoms with Gasteiger partial charge in [0, 0.05) is 22.1 Å². The average molecular weight is 403 g/mol. The van der Waals surface area contributed by atoms with Crippen molar-refractivity contribution in [2.75, 3.05) is 6.61 Å². The summed E-state index contributed by atoms with van der Waals surface area (Å²) in [5, 5.41) is 20.7. The molecule has 1 heterocycles. The monoisotopic (exact) mass is 402 g/mol. The van der Waals surface area contributed by atoms with Gasteiger partial charge in [0.15, 0.2) is 6.29 Å². The summed E-state index contributed by atoms with van der Waals surface area (Å²) in [6, 6.07) is 14.0. The summed E-state index contributed by atoms with van der Waals surface area (Å²) in [4.78, 5) is 11.9. The van der Waals surface area contributed by atoms with Gasteiger partial charge < -0.3 is 19.7 Å². The number of aromatic hydroxyl groups is 1. The van der Waals surface area contributed by atoms with Gasteiger partial charge in [-0.3, -0.25) is 4.79 Å². The first kappa shape index (κ1) is 20.4. The van der Waals surface area contributed by atoms with E-state index in [-0.39, 0.29) is 12.4 Å². The van der Waals surface area contributed by atoms with E-state index in [2.05, 4.69) is 0 Å². The Morgan fingerprint density at radius 1 is 1.21 bits per heavy atom. The summed E-state index contributed by atoms with van der Waals surface area (Å²) in [6.45, 7) is 2.02. The van der Waals surface area contributed by atoms with Gasteiger partial charge in [-0.05, 0) is 25.5 Å². The quantitative estimate of drug-likeness (QED) is 0.656. The summed E-state index contributed by atoms with van der Waals surface area (Å²) in [7, 11) is 0. The molecule has 1 fully saturated rings. The van der Waals surface area contributed by atoms with Gasteiger partial charge >= 0.3 is 5.97 Å². The topological polar surface area (TPSA) is 76.0 Å². The number of carbonyl (C=O) groups is 1. The Hall–Kier alpha value is -2.34. The lowest BCUT2D eigenvalue weighted by atomic mass is 9.81. The van der Waals surface area contributed by atoms with Gasteiger partial charge in [-0.25, -0.2) is 0 Å². The van der Waals surface area contributed by atoms with Crippen LogP contribution in [0.4, 0.5) is 0 Å². The van der Waals surface area contributed by atoms with Gasteiger partial charge in [0.1, 0.15) is 5.75 Å². The summed E-state index contributed by atoms with van der Waals surface area (Å²) in [6.07, 6.45) is 2.60. The molecule has 2 aromatic carbocycles. The molecular formula is C22H23ClO5. The van der Waals surface area contributed by atoms with Crippen LogP contribution in [-0.2, 0) is 14.3 Å². The van der Waals surface area contributed by atoms with Crippen LogP contribution in [0.25, 0.3) is 0 Å². The van der Waals surface area contributed by atoms with Crippen LogP contribution < -0.4 is 0 Å². The second-order valence-electron chi connectivity index (χ2n) is 6.72. The van der Waals surface area contributed by atoms with E-state index in [1.54, 1.807) is 30.3 Å². The largest absolute Gasteiger partial charge is 0.508 e. The Morgan fingerprint density at radius 3 is 2.54 bits per heavy atom. The van der Waals surface area contributed by atoms with Crippen LogP contribution in [-0.4, -0.2) is 22.8 Å². The third-order valence-electron chi connectivity index (χ3n) is 4.96. The fraction of sp³-hybridized carbons (Fsp3) is 0.318. The smallest absolute Gasteiger partial charge is 0.307 e. The van der Waals surface area contributed by atoms with Crippen molar-refractivity contribution in [2.45, 2.75) is 25.7 Å². The molecule has 5 nitrogen and oxygen atoms in total. The Morgan fingerprint density at radius 2 is 1.89 bits per heavy atom. The number of halogens is 1. The number of phenols is 1. The van der Waals surface area contributed by atoms with E-state index in [9.17, 15) is 15.0 Å².